The van der Waals surface area contributed by atoms with E-state index in [-0.39, 0.29) is 18.5 Å². The highest BCUT2D eigenvalue weighted by molar-refractivity contribution is 5.95. The molecule has 2 rings (SSSR count). The summed E-state index contributed by atoms with van der Waals surface area (Å²) in [5.74, 6) is 0.429. The van der Waals surface area contributed by atoms with E-state index >= 15 is 0 Å². The lowest BCUT2D eigenvalue weighted by Gasteiger charge is -2.21. The first-order valence-electron chi connectivity index (χ1n) is 7.38. The van der Waals surface area contributed by atoms with Crippen LogP contribution in [0.5, 0.6) is 0 Å². The number of hydrogen-bond donors (Lipinski definition) is 0. The quantitative estimate of drug-likeness (QED) is 0.746. The SMILES string of the molecule is CCCC1=C2C(=O)OCC2(C)CC(C(=O)OCC)=C(C)O1. The van der Waals surface area contributed by atoms with Crippen LogP contribution in [-0.2, 0) is 23.8 Å². The third-order valence-corrected chi connectivity index (χ3v) is 3.88. The van der Waals surface area contributed by atoms with Crippen LogP contribution in [0.25, 0.3) is 0 Å². The minimum absolute atomic E-state index is 0.272. The number of hydrogen-bond acceptors (Lipinski definition) is 5. The smallest absolute Gasteiger partial charge is 0.338 e. The molecule has 1 fully saturated rings. The summed E-state index contributed by atoms with van der Waals surface area (Å²) < 4.78 is 16.1. The normalized spacial score (nSPS) is 25.2. The van der Waals surface area contributed by atoms with E-state index in [0.29, 0.717) is 42.1 Å². The number of carbonyl (C=O) groups excluding carboxylic acids is 2. The van der Waals surface area contributed by atoms with Crippen LogP contribution in [0.15, 0.2) is 22.7 Å². The number of ether oxygens (including phenoxy) is 3. The van der Waals surface area contributed by atoms with Gasteiger partial charge in [-0.2, -0.15) is 0 Å². The third kappa shape index (κ3) is 2.82. The first-order valence-corrected chi connectivity index (χ1v) is 7.38. The van der Waals surface area contributed by atoms with Gasteiger partial charge in [-0.3, -0.25) is 0 Å². The summed E-state index contributed by atoms with van der Waals surface area (Å²) in [5, 5.41) is 0. The lowest BCUT2D eigenvalue weighted by molar-refractivity contribution is -0.139. The molecule has 2 aliphatic rings. The molecule has 1 unspecified atom stereocenters. The lowest BCUT2D eigenvalue weighted by atomic mass is 9.78. The molecule has 0 aromatic rings. The minimum atomic E-state index is -0.526. The molecule has 2 heterocycles. The van der Waals surface area contributed by atoms with E-state index in [4.69, 9.17) is 14.2 Å². The Morgan fingerprint density at radius 1 is 1.38 bits per heavy atom. The Kier molecular flexibility index (Phi) is 4.40. The van der Waals surface area contributed by atoms with Gasteiger partial charge in [-0.25, -0.2) is 9.59 Å². The maximum atomic E-state index is 12.1. The molecule has 0 N–H and O–H groups in total. The molecule has 0 amide bonds. The van der Waals surface area contributed by atoms with Gasteiger partial charge in [0, 0.05) is 11.8 Å². The van der Waals surface area contributed by atoms with E-state index in [1.807, 2.05) is 13.8 Å². The van der Waals surface area contributed by atoms with E-state index in [2.05, 4.69) is 0 Å². The van der Waals surface area contributed by atoms with Gasteiger partial charge in [0.25, 0.3) is 0 Å². The van der Waals surface area contributed by atoms with E-state index < -0.39 is 5.41 Å². The molecule has 2 aliphatic heterocycles. The largest absolute Gasteiger partial charge is 0.465 e. The van der Waals surface area contributed by atoms with Crippen LogP contribution in [0.2, 0.25) is 0 Å². The number of cyclic esters (lactones) is 1. The third-order valence-electron chi connectivity index (χ3n) is 3.88. The van der Waals surface area contributed by atoms with Gasteiger partial charge < -0.3 is 14.2 Å². The highest BCUT2D eigenvalue weighted by Crippen LogP contribution is 2.46. The Bertz CT molecular complexity index is 529. The van der Waals surface area contributed by atoms with Gasteiger partial charge in [-0.1, -0.05) is 13.8 Å². The summed E-state index contributed by atoms with van der Waals surface area (Å²) in [6.07, 6.45) is 1.89. The monoisotopic (exact) mass is 294 g/mol. The summed E-state index contributed by atoms with van der Waals surface area (Å²) >= 11 is 0. The molecular weight excluding hydrogens is 272 g/mol. The highest BCUT2D eigenvalue weighted by atomic mass is 16.5. The number of rotatable bonds is 4. The first-order chi connectivity index (χ1) is 9.92. The van der Waals surface area contributed by atoms with Crippen molar-refractivity contribution in [3.63, 3.8) is 0 Å². The molecule has 1 atom stereocenters. The second-order valence-electron chi connectivity index (χ2n) is 5.72. The minimum Gasteiger partial charge on any atom is -0.465 e. The van der Waals surface area contributed by atoms with Crippen LogP contribution in [0.4, 0.5) is 0 Å². The van der Waals surface area contributed by atoms with E-state index in [9.17, 15) is 9.59 Å². The molecule has 0 aromatic heterocycles. The van der Waals surface area contributed by atoms with Crippen molar-refractivity contribution >= 4 is 11.9 Å². The molecule has 0 bridgehead atoms. The maximum absolute atomic E-state index is 12.1. The standard InChI is InChI=1S/C16H22O5/c1-5-7-12-13-15(18)20-9-16(13,4)8-11(10(3)21-12)14(17)19-6-2/h5-9H2,1-4H3. The van der Waals surface area contributed by atoms with Crippen molar-refractivity contribution in [3.05, 3.63) is 22.7 Å². The van der Waals surface area contributed by atoms with Crippen molar-refractivity contribution in [2.45, 2.75) is 47.0 Å². The van der Waals surface area contributed by atoms with Crippen LogP contribution < -0.4 is 0 Å². The topological polar surface area (TPSA) is 61.8 Å². The average Bonchev–Trinajstić information content (AvgIpc) is 2.65. The van der Waals surface area contributed by atoms with Gasteiger partial charge in [0.2, 0.25) is 0 Å². The fourth-order valence-electron chi connectivity index (χ4n) is 2.85. The average molecular weight is 294 g/mol. The summed E-state index contributed by atoms with van der Waals surface area (Å²) in [7, 11) is 0. The molecule has 0 saturated carbocycles. The van der Waals surface area contributed by atoms with Gasteiger partial charge in [0.05, 0.1) is 17.8 Å². The fraction of sp³-hybridized carbons (Fsp3) is 0.625. The number of allylic oxidation sites excluding steroid dienone is 2. The zero-order valence-corrected chi connectivity index (χ0v) is 13.1. The second-order valence-corrected chi connectivity index (χ2v) is 5.72. The number of esters is 2. The molecule has 1 saturated heterocycles. The van der Waals surface area contributed by atoms with Gasteiger partial charge in [0.15, 0.2) is 0 Å². The Balaban J connectivity index is 2.45. The molecule has 5 nitrogen and oxygen atoms in total. The van der Waals surface area contributed by atoms with Crippen LogP contribution >= 0.6 is 0 Å². The summed E-state index contributed by atoms with van der Waals surface area (Å²) in [6, 6.07) is 0. The van der Waals surface area contributed by atoms with Crippen molar-refractivity contribution in [2.24, 2.45) is 5.41 Å². The van der Waals surface area contributed by atoms with Gasteiger partial charge >= 0.3 is 11.9 Å². The molecule has 116 valence electrons. The van der Waals surface area contributed by atoms with Crippen LogP contribution in [0.3, 0.4) is 0 Å². The number of fused-ring (bicyclic) bond motifs is 1. The zero-order valence-electron chi connectivity index (χ0n) is 13.1. The highest BCUT2D eigenvalue weighted by Gasteiger charge is 2.47. The van der Waals surface area contributed by atoms with E-state index in [0.717, 1.165) is 6.42 Å². The van der Waals surface area contributed by atoms with Crippen molar-refractivity contribution in [2.75, 3.05) is 13.2 Å². The number of carbonyl (C=O) groups is 2. The second kappa shape index (κ2) is 5.92. The van der Waals surface area contributed by atoms with Crippen molar-refractivity contribution in [1.29, 1.82) is 0 Å². The van der Waals surface area contributed by atoms with Crippen molar-refractivity contribution < 1.29 is 23.8 Å². The van der Waals surface area contributed by atoms with E-state index in [1.165, 1.54) is 0 Å². The predicted octanol–water partition coefficient (Wildman–Crippen LogP) is 2.86. The Labute approximate surface area is 124 Å². The first kappa shape index (κ1) is 15.6. The molecule has 21 heavy (non-hydrogen) atoms. The summed E-state index contributed by atoms with van der Waals surface area (Å²) in [5.41, 5.74) is 0.533. The molecule has 0 aromatic carbocycles. The maximum Gasteiger partial charge on any atom is 0.338 e. The fourth-order valence-corrected chi connectivity index (χ4v) is 2.85. The van der Waals surface area contributed by atoms with Gasteiger partial charge in [-0.05, 0) is 26.7 Å². The van der Waals surface area contributed by atoms with Crippen LogP contribution in [0, 0.1) is 5.41 Å². The Morgan fingerprint density at radius 2 is 2.10 bits per heavy atom. The van der Waals surface area contributed by atoms with Gasteiger partial charge in [-0.15, -0.1) is 0 Å². The molecule has 0 aliphatic carbocycles. The molecule has 0 spiro atoms. The van der Waals surface area contributed by atoms with Gasteiger partial charge in [0.1, 0.15) is 18.1 Å². The zero-order chi connectivity index (χ0) is 15.6. The molecule has 0 radical (unpaired) electrons. The summed E-state index contributed by atoms with van der Waals surface area (Å²) in [4.78, 5) is 24.2. The molecular formula is C16H22O5. The Hall–Kier alpha value is -1.78. The lowest BCUT2D eigenvalue weighted by Crippen LogP contribution is -2.23. The van der Waals surface area contributed by atoms with E-state index in [1.54, 1.807) is 13.8 Å². The predicted molar refractivity (Wildman–Crippen MR) is 76.0 cm³/mol. The Morgan fingerprint density at radius 3 is 2.71 bits per heavy atom. The van der Waals surface area contributed by atoms with Crippen molar-refractivity contribution in [1.82, 2.24) is 0 Å². The molecule has 5 heteroatoms. The van der Waals surface area contributed by atoms with Crippen LogP contribution in [0.1, 0.15) is 47.0 Å². The van der Waals surface area contributed by atoms with Crippen LogP contribution in [-0.4, -0.2) is 25.2 Å². The summed E-state index contributed by atoms with van der Waals surface area (Å²) in [6.45, 7) is 8.05. The van der Waals surface area contributed by atoms with Crippen molar-refractivity contribution in [3.8, 4) is 0 Å².